The van der Waals surface area contributed by atoms with Crippen LogP contribution in [-0.4, -0.2) is 17.4 Å². The lowest BCUT2D eigenvalue weighted by atomic mass is 10.3. The van der Waals surface area contributed by atoms with E-state index in [1.54, 1.807) is 36.4 Å². The summed E-state index contributed by atoms with van der Waals surface area (Å²) in [7, 11) is 0. The molecule has 0 saturated carbocycles. The van der Waals surface area contributed by atoms with Crippen LogP contribution in [-0.2, 0) is 4.79 Å². The number of anilines is 1. The van der Waals surface area contributed by atoms with Gasteiger partial charge >= 0.3 is 0 Å². The van der Waals surface area contributed by atoms with Crippen molar-refractivity contribution in [2.24, 2.45) is 0 Å². The Hall–Kier alpha value is -3.94. The zero-order valence-electron chi connectivity index (χ0n) is 14.5. The van der Waals surface area contributed by atoms with E-state index in [4.69, 9.17) is 9.47 Å². The van der Waals surface area contributed by atoms with Gasteiger partial charge in [-0.2, -0.15) is 0 Å². The van der Waals surface area contributed by atoms with Gasteiger partial charge in [0.05, 0.1) is 11.0 Å². The molecule has 3 aromatic rings. The average Bonchev–Trinajstić information content (AvgIpc) is 2.68. The molecule has 0 aliphatic carbocycles. The molecule has 0 radical (unpaired) electrons. The zero-order valence-corrected chi connectivity index (χ0v) is 14.5. The summed E-state index contributed by atoms with van der Waals surface area (Å²) >= 11 is 0. The number of nitrogens with zero attached hydrogens (tertiary/aromatic N) is 1. The van der Waals surface area contributed by atoms with Crippen molar-refractivity contribution in [1.82, 2.24) is 0 Å². The quantitative estimate of drug-likeness (QED) is 0.478. The lowest BCUT2D eigenvalue weighted by Crippen LogP contribution is -2.20. The first-order chi connectivity index (χ1) is 13.5. The van der Waals surface area contributed by atoms with Gasteiger partial charge in [0.15, 0.2) is 18.2 Å². The molecule has 0 unspecified atom stereocenters. The van der Waals surface area contributed by atoms with Crippen LogP contribution in [0.3, 0.4) is 0 Å². The maximum Gasteiger partial charge on any atom is 0.272 e. The molecule has 3 aromatic carbocycles. The highest BCUT2D eigenvalue weighted by molar-refractivity contribution is 5.92. The smallest absolute Gasteiger partial charge is 0.272 e. The molecule has 0 heterocycles. The van der Waals surface area contributed by atoms with Gasteiger partial charge in [-0.05, 0) is 30.3 Å². The fourth-order valence-corrected chi connectivity index (χ4v) is 2.32. The number of rotatable bonds is 7. The molecule has 8 heteroatoms. The Kier molecular flexibility index (Phi) is 5.81. The van der Waals surface area contributed by atoms with Crippen molar-refractivity contribution in [1.29, 1.82) is 0 Å². The molecule has 0 saturated heterocycles. The van der Waals surface area contributed by atoms with Crippen LogP contribution in [0.5, 0.6) is 17.2 Å². The SMILES string of the molecule is O=C(COc1ccc([N+](=O)[O-])cc1F)Nc1cccc(Oc2ccccc2)c1. The summed E-state index contributed by atoms with van der Waals surface area (Å²) in [6, 6.07) is 18.9. The van der Waals surface area contributed by atoms with Gasteiger partial charge in [0.1, 0.15) is 11.5 Å². The summed E-state index contributed by atoms with van der Waals surface area (Å²) in [5.41, 5.74) is 0.0794. The van der Waals surface area contributed by atoms with Crippen LogP contribution in [0.4, 0.5) is 15.8 Å². The number of ether oxygens (including phenoxy) is 2. The molecule has 0 aromatic heterocycles. The number of benzene rings is 3. The fraction of sp³-hybridized carbons (Fsp3) is 0.0500. The van der Waals surface area contributed by atoms with Gasteiger partial charge in [-0.25, -0.2) is 4.39 Å². The Morgan fingerprint density at radius 2 is 1.75 bits per heavy atom. The highest BCUT2D eigenvalue weighted by Crippen LogP contribution is 2.24. The van der Waals surface area contributed by atoms with Gasteiger partial charge in [-0.15, -0.1) is 0 Å². The van der Waals surface area contributed by atoms with Gasteiger partial charge in [0.25, 0.3) is 11.6 Å². The van der Waals surface area contributed by atoms with Gasteiger partial charge < -0.3 is 14.8 Å². The van der Waals surface area contributed by atoms with E-state index in [1.165, 1.54) is 0 Å². The van der Waals surface area contributed by atoms with E-state index < -0.39 is 28.9 Å². The summed E-state index contributed by atoms with van der Waals surface area (Å²) in [6.07, 6.45) is 0. The second kappa shape index (κ2) is 8.63. The highest BCUT2D eigenvalue weighted by Gasteiger charge is 2.13. The summed E-state index contributed by atoms with van der Waals surface area (Å²) < 4.78 is 24.5. The molecular weight excluding hydrogens is 367 g/mol. The first-order valence-electron chi connectivity index (χ1n) is 8.21. The van der Waals surface area contributed by atoms with E-state index in [9.17, 15) is 19.3 Å². The van der Waals surface area contributed by atoms with Gasteiger partial charge in [-0.1, -0.05) is 24.3 Å². The molecule has 1 N–H and O–H groups in total. The molecule has 0 aliphatic rings. The van der Waals surface area contributed by atoms with Crippen LogP contribution < -0.4 is 14.8 Å². The van der Waals surface area contributed by atoms with E-state index >= 15 is 0 Å². The number of hydrogen-bond donors (Lipinski definition) is 1. The molecule has 0 spiro atoms. The standard InChI is InChI=1S/C20H15FN2O5/c21-18-12-15(23(25)26)9-10-19(18)27-13-20(24)22-14-5-4-8-17(11-14)28-16-6-2-1-3-7-16/h1-12H,13H2,(H,22,24). The molecule has 0 fully saturated rings. The molecule has 3 rings (SSSR count). The summed E-state index contributed by atoms with van der Waals surface area (Å²) in [5.74, 6) is -0.494. The molecule has 0 bridgehead atoms. The molecular formula is C20H15FN2O5. The molecule has 7 nitrogen and oxygen atoms in total. The lowest BCUT2D eigenvalue weighted by molar-refractivity contribution is -0.385. The zero-order chi connectivity index (χ0) is 19.9. The third kappa shape index (κ3) is 5.04. The number of carbonyl (C=O) groups is 1. The minimum absolute atomic E-state index is 0.248. The fourth-order valence-electron chi connectivity index (χ4n) is 2.32. The molecule has 1 amide bonds. The first kappa shape index (κ1) is 18.8. The third-order valence-corrected chi connectivity index (χ3v) is 3.58. The summed E-state index contributed by atoms with van der Waals surface area (Å²) in [4.78, 5) is 21.9. The maximum atomic E-state index is 13.8. The second-order valence-corrected chi connectivity index (χ2v) is 5.65. The Morgan fingerprint density at radius 1 is 1.00 bits per heavy atom. The van der Waals surface area contributed by atoms with Crippen molar-refractivity contribution in [2.75, 3.05) is 11.9 Å². The van der Waals surface area contributed by atoms with Crippen LogP contribution in [0.15, 0.2) is 72.8 Å². The van der Waals surface area contributed by atoms with Crippen molar-refractivity contribution < 1.29 is 23.6 Å². The van der Waals surface area contributed by atoms with Crippen LogP contribution in [0, 0.1) is 15.9 Å². The van der Waals surface area contributed by atoms with Crippen LogP contribution in [0.1, 0.15) is 0 Å². The van der Waals surface area contributed by atoms with E-state index in [2.05, 4.69) is 5.32 Å². The van der Waals surface area contributed by atoms with Crippen molar-refractivity contribution in [2.45, 2.75) is 0 Å². The molecule has 0 atom stereocenters. The summed E-state index contributed by atoms with van der Waals surface area (Å²) in [6.45, 7) is -0.460. The monoisotopic (exact) mass is 382 g/mol. The summed E-state index contributed by atoms with van der Waals surface area (Å²) in [5, 5.41) is 13.2. The number of para-hydroxylation sites is 1. The van der Waals surface area contributed by atoms with Crippen molar-refractivity contribution >= 4 is 17.3 Å². The first-order valence-corrected chi connectivity index (χ1v) is 8.21. The minimum atomic E-state index is -0.916. The number of nitrogens with one attached hydrogen (secondary N) is 1. The Morgan fingerprint density at radius 3 is 2.46 bits per heavy atom. The van der Waals surface area contributed by atoms with Crippen molar-refractivity contribution in [3.63, 3.8) is 0 Å². The van der Waals surface area contributed by atoms with E-state index in [1.807, 2.05) is 18.2 Å². The number of halogens is 1. The lowest BCUT2D eigenvalue weighted by Gasteiger charge is -2.10. The number of hydrogen-bond acceptors (Lipinski definition) is 5. The van der Waals surface area contributed by atoms with E-state index in [0.717, 1.165) is 18.2 Å². The Bertz CT molecular complexity index is 995. The normalized spacial score (nSPS) is 10.2. The second-order valence-electron chi connectivity index (χ2n) is 5.65. The number of carbonyl (C=O) groups excluding carboxylic acids is 1. The van der Waals surface area contributed by atoms with Crippen LogP contribution >= 0.6 is 0 Å². The van der Waals surface area contributed by atoms with Gasteiger partial charge in [0, 0.05) is 17.8 Å². The number of non-ortho nitro benzene ring substituents is 1. The van der Waals surface area contributed by atoms with Crippen molar-refractivity contribution in [3.05, 3.63) is 88.7 Å². The molecule has 28 heavy (non-hydrogen) atoms. The number of nitro groups is 1. The predicted molar refractivity (Wildman–Crippen MR) is 100 cm³/mol. The van der Waals surface area contributed by atoms with Gasteiger partial charge in [-0.3, -0.25) is 14.9 Å². The van der Waals surface area contributed by atoms with E-state index in [0.29, 0.717) is 17.2 Å². The Labute approximate surface area is 159 Å². The minimum Gasteiger partial charge on any atom is -0.481 e. The predicted octanol–water partition coefficient (Wildman–Crippen LogP) is 4.54. The van der Waals surface area contributed by atoms with Crippen molar-refractivity contribution in [3.8, 4) is 17.2 Å². The topological polar surface area (TPSA) is 90.7 Å². The number of nitro benzene ring substituents is 1. The Balaban J connectivity index is 1.58. The maximum absolute atomic E-state index is 13.8. The van der Waals surface area contributed by atoms with Crippen LogP contribution in [0.2, 0.25) is 0 Å². The molecule has 142 valence electrons. The number of amides is 1. The molecule has 0 aliphatic heterocycles. The van der Waals surface area contributed by atoms with Gasteiger partial charge in [0.2, 0.25) is 0 Å². The average molecular weight is 382 g/mol. The van der Waals surface area contributed by atoms with Crippen LogP contribution in [0.25, 0.3) is 0 Å². The highest BCUT2D eigenvalue weighted by atomic mass is 19.1. The largest absolute Gasteiger partial charge is 0.481 e. The van der Waals surface area contributed by atoms with E-state index in [-0.39, 0.29) is 5.75 Å². The third-order valence-electron chi connectivity index (χ3n) is 3.58.